The van der Waals surface area contributed by atoms with Crippen molar-refractivity contribution in [2.24, 2.45) is 0 Å². The Hall–Kier alpha value is -1.60. The first-order chi connectivity index (χ1) is 12.4. The molecule has 1 aromatic carbocycles. The lowest BCUT2D eigenvalue weighted by Gasteiger charge is -2.36. The second-order valence-electron chi connectivity index (χ2n) is 7.48. The predicted octanol–water partition coefficient (Wildman–Crippen LogP) is 2.96. The van der Waals surface area contributed by atoms with Crippen LogP contribution in [0.1, 0.15) is 39.5 Å². The average Bonchev–Trinajstić information content (AvgIpc) is 3.16. The minimum absolute atomic E-state index is 0.190. The maximum atomic E-state index is 12.7. The zero-order valence-electron chi connectivity index (χ0n) is 15.6. The van der Waals surface area contributed by atoms with Gasteiger partial charge in [-0.3, -0.25) is 0 Å². The third-order valence-corrected chi connectivity index (χ3v) is 7.67. The van der Waals surface area contributed by atoms with Gasteiger partial charge in [0.1, 0.15) is 0 Å². The molecule has 1 N–H and O–H groups in total. The van der Waals surface area contributed by atoms with E-state index in [0.717, 1.165) is 12.8 Å². The minimum atomic E-state index is -3.44. The number of urea groups is 1. The van der Waals surface area contributed by atoms with Crippen LogP contribution in [0, 0.1) is 0 Å². The second-order valence-corrected chi connectivity index (χ2v) is 9.95. The molecule has 0 unspecified atom stereocenters. The van der Waals surface area contributed by atoms with Crippen LogP contribution in [0.2, 0.25) is 0 Å². The fourth-order valence-electron chi connectivity index (χ4n) is 3.81. The molecule has 2 amide bonds. The molecular formula is C19H29N3O3S. The van der Waals surface area contributed by atoms with Gasteiger partial charge in [-0.25, -0.2) is 13.2 Å². The Morgan fingerprint density at radius 3 is 2.31 bits per heavy atom. The molecule has 2 aliphatic heterocycles. The van der Waals surface area contributed by atoms with Crippen molar-refractivity contribution in [2.75, 3.05) is 31.5 Å². The van der Waals surface area contributed by atoms with Crippen molar-refractivity contribution in [1.29, 1.82) is 0 Å². The van der Waals surface area contributed by atoms with Gasteiger partial charge in [-0.15, -0.1) is 0 Å². The molecule has 2 heterocycles. The normalized spacial score (nSPS) is 19.9. The van der Waals surface area contributed by atoms with Gasteiger partial charge in [0.25, 0.3) is 0 Å². The molecule has 2 saturated heterocycles. The van der Waals surface area contributed by atoms with Crippen LogP contribution in [0.4, 0.5) is 10.5 Å². The van der Waals surface area contributed by atoms with Crippen LogP contribution in [0.5, 0.6) is 0 Å². The van der Waals surface area contributed by atoms with E-state index in [4.69, 9.17) is 0 Å². The number of hydrogen-bond acceptors (Lipinski definition) is 4. The molecule has 3 rings (SSSR count). The number of benzene rings is 1. The van der Waals surface area contributed by atoms with Crippen LogP contribution in [-0.4, -0.2) is 61.7 Å². The maximum Gasteiger partial charge on any atom is 0.321 e. The topological polar surface area (TPSA) is 69.7 Å². The van der Waals surface area contributed by atoms with Crippen molar-refractivity contribution >= 4 is 21.6 Å². The van der Waals surface area contributed by atoms with Crippen molar-refractivity contribution in [3.05, 3.63) is 24.3 Å². The molecule has 0 spiro atoms. The lowest BCUT2D eigenvalue weighted by Crippen LogP contribution is -2.47. The Kier molecular flexibility index (Phi) is 5.87. The summed E-state index contributed by atoms with van der Waals surface area (Å²) in [6.07, 6.45) is 4.53. The summed E-state index contributed by atoms with van der Waals surface area (Å²) in [6, 6.07) is 7.02. The molecule has 7 heteroatoms. The summed E-state index contributed by atoms with van der Waals surface area (Å²) >= 11 is 0. The summed E-state index contributed by atoms with van der Waals surface area (Å²) in [6.45, 7) is 7.08. The summed E-state index contributed by atoms with van der Waals surface area (Å²) in [4.78, 5) is 17.2. The maximum absolute atomic E-state index is 12.7. The molecule has 2 aliphatic rings. The van der Waals surface area contributed by atoms with E-state index >= 15 is 0 Å². The van der Waals surface area contributed by atoms with E-state index in [1.807, 2.05) is 0 Å². The van der Waals surface area contributed by atoms with E-state index in [-0.39, 0.29) is 10.9 Å². The fraction of sp³-hybridized carbons (Fsp3) is 0.632. The third kappa shape index (κ3) is 4.04. The molecule has 0 saturated carbocycles. The number of rotatable bonds is 4. The van der Waals surface area contributed by atoms with Gasteiger partial charge in [0.05, 0.1) is 15.8 Å². The van der Waals surface area contributed by atoms with E-state index in [0.29, 0.717) is 24.8 Å². The summed E-state index contributed by atoms with van der Waals surface area (Å²) in [5, 5.41) is 2.29. The second kappa shape index (κ2) is 7.96. The number of piperidine rings is 1. The largest absolute Gasteiger partial charge is 0.324 e. The van der Waals surface area contributed by atoms with Crippen molar-refractivity contribution in [3.63, 3.8) is 0 Å². The molecule has 0 aromatic heterocycles. The van der Waals surface area contributed by atoms with Crippen molar-refractivity contribution in [1.82, 2.24) is 9.80 Å². The summed E-state index contributed by atoms with van der Waals surface area (Å²) in [7, 11) is -3.44. The van der Waals surface area contributed by atoms with E-state index in [2.05, 4.69) is 10.2 Å². The lowest BCUT2D eigenvalue weighted by atomic mass is 10.0. The Labute approximate surface area is 156 Å². The zero-order chi connectivity index (χ0) is 18.7. The fourth-order valence-corrected chi connectivity index (χ4v) is 5.01. The van der Waals surface area contributed by atoms with Crippen LogP contribution in [0.15, 0.2) is 29.2 Å². The highest BCUT2D eigenvalue weighted by Gasteiger charge is 2.29. The molecule has 2 fully saturated rings. The van der Waals surface area contributed by atoms with Gasteiger partial charge in [0, 0.05) is 19.1 Å². The van der Waals surface area contributed by atoms with Gasteiger partial charge < -0.3 is 15.1 Å². The highest BCUT2D eigenvalue weighted by atomic mass is 32.2. The number of para-hydroxylation sites is 1. The molecule has 0 aliphatic carbocycles. The highest BCUT2D eigenvalue weighted by Crippen LogP contribution is 2.26. The standard InChI is InChI=1S/C19H29N3O3S/c1-15(2)26(24,25)18-8-4-3-7-17(18)20-19(23)22-13-9-16(10-14-22)21-11-5-6-12-21/h3-4,7-8,15-16H,5-6,9-14H2,1-2H3,(H,20,23). The number of sulfone groups is 1. The van der Waals surface area contributed by atoms with Crippen molar-refractivity contribution in [2.45, 2.75) is 55.7 Å². The van der Waals surface area contributed by atoms with Gasteiger partial charge in [0.15, 0.2) is 9.84 Å². The van der Waals surface area contributed by atoms with Gasteiger partial charge in [0.2, 0.25) is 0 Å². The number of hydrogen-bond donors (Lipinski definition) is 1. The first kappa shape index (κ1) is 19.2. The number of anilines is 1. The predicted molar refractivity (Wildman–Crippen MR) is 103 cm³/mol. The number of nitrogens with one attached hydrogen (secondary N) is 1. The number of amides is 2. The Bertz CT molecular complexity index is 734. The molecule has 0 bridgehead atoms. The lowest BCUT2D eigenvalue weighted by molar-refractivity contribution is 0.140. The summed E-state index contributed by atoms with van der Waals surface area (Å²) < 4.78 is 25.1. The van der Waals surface area contributed by atoms with Gasteiger partial charge >= 0.3 is 6.03 Å². The molecule has 0 atom stereocenters. The van der Waals surface area contributed by atoms with E-state index in [1.165, 1.54) is 25.9 Å². The Balaban J connectivity index is 1.64. The van der Waals surface area contributed by atoms with Crippen molar-refractivity contribution < 1.29 is 13.2 Å². The quantitative estimate of drug-likeness (QED) is 0.873. The van der Waals surface area contributed by atoms with E-state index in [1.54, 1.807) is 43.0 Å². The van der Waals surface area contributed by atoms with Crippen LogP contribution in [-0.2, 0) is 9.84 Å². The molecule has 0 radical (unpaired) electrons. The molecule has 144 valence electrons. The SMILES string of the molecule is CC(C)S(=O)(=O)c1ccccc1NC(=O)N1CCC(N2CCCC2)CC1. The number of nitrogens with zero attached hydrogens (tertiary/aromatic N) is 2. The van der Waals surface area contributed by atoms with Crippen LogP contribution in [0.3, 0.4) is 0 Å². The van der Waals surface area contributed by atoms with Crippen LogP contribution < -0.4 is 5.32 Å². The molecule has 1 aromatic rings. The Morgan fingerprint density at radius 2 is 1.69 bits per heavy atom. The van der Waals surface area contributed by atoms with E-state index < -0.39 is 15.1 Å². The molecule has 6 nitrogen and oxygen atoms in total. The molecular weight excluding hydrogens is 350 g/mol. The highest BCUT2D eigenvalue weighted by molar-refractivity contribution is 7.92. The first-order valence-electron chi connectivity index (χ1n) is 9.52. The van der Waals surface area contributed by atoms with Crippen molar-refractivity contribution in [3.8, 4) is 0 Å². The van der Waals surface area contributed by atoms with Crippen LogP contribution >= 0.6 is 0 Å². The number of carbonyl (C=O) groups is 1. The van der Waals surface area contributed by atoms with Gasteiger partial charge in [-0.1, -0.05) is 12.1 Å². The summed E-state index contributed by atoms with van der Waals surface area (Å²) in [5.41, 5.74) is 0.368. The first-order valence-corrected chi connectivity index (χ1v) is 11.1. The molecule has 26 heavy (non-hydrogen) atoms. The Morgan fingerprint density at radius 1 is 1.08 bits per heavy atom. The average molecular weight is 380 g/mol. The smallest absolute Gasteiger partial charge is 0.321 e. The monoisotopic (exact) mass is 379 g/mol. The number of carbonyl (C=O) groups excluding carboxylic acids is 1. The summed E-state index contributed by atoms with van der Waals surface area (Å²) in [5.74, 6) is 0. The third-order valence-electron chi connectivity index (χ3n) is 5.46. The van der Waals surface area contributed by atoms with Crippen LogP contribution in [0.25, 0.3) is 0 Å². The minimum Gasteiger partial charge on any atom is -0.324 e. The van der Waals surface area contributed by atoms with Gasteiger partial charge in [-0.05, 0) is 64.8 Å². The zero-order valence-corrected chi connectivity index (χ0v) is 16.5. The van der Waals surface area contributed by atoms with E-state index in [9.17, 15) is 13.2 Å². The number of likely N-dealkylation sites (tertiary alicyclic amines) is 2. The van der Waals surface area contributed by atoms with Gasteiger partial charge in [-0.2, -0.15) is 0 Å².